The molecule has 16 heavy (non-hydrogen) atoms. The largest absolute Gasteiger partial charge is 0.391 e. The maximum atomic E-state index is 9.65. The summed E-state index contributed by atoms with van der Waals surface area (Å²) in [6.07, 6.45) is 4.12. The van der Waals surface area contributed by atoms with Gasteiger partial charge in [0.05, 0.1) is 12.6 Å². The van der Waals surface area contributed by atoms with Crippen molar-refractivity contribution in [3.8, 4) is 11.4 Å². The molecule has 1 heterocycles. The van der Waals surface area contributed by atoms with Crippen molar-refractivity contribution in [2.24, 2.45) is 0 Å². The molecule has 0 aliphatic rings. The summed E-state index contributed by atoms with van der Waals surface area (Å²) in [5.74, 6) is 0.910. The highest BCUT2D eigenvalue weighted by Gasteiger charge is 2.08. The third-order valence-corrected chi connectivity index (χ3v) is 2.63. The summed E-state index contributed by atoms with van der Waals surface area (Å²) >= 11 is 0. The normalized spacial score (nSPS) is 12.6. The number of imidazole rings is 1. The molecule has 1 unspecified atom stereocenters. The smallest absolute Gasteiger partial charge is 0.139 e. The Morgan fingerprint density at radius 2 is 2.06 bits per heavy atom. The van der Waals surface area contributed by atoms with Crippen molar-refractivity contribution in [1.82, 2.24) is 9.55 Å². The standard InChI is InChI=1S/C13H16N2O/c1-2-12(16)10-15-9-8-14-13(15)11-6-4-3-5-7-11/h3-9,12,16H,2,10H2,1H3. The van der Waals surface area contributed by atoms with Gasteiger partial charge in [-0.15, -0.1) is 0 Å². The lowest BCUT2D eigenvalue weighted by Crippen LogP contribution is -2.14. The van der Waals surface area contributed by atoms with E-state index in [1.807, 2.05) is 48.0 Å². The van der Waals surface area contributed by atoms with E-state index in [-0.39, 0.29) is 6.10 Å². The predicted octanol–water partition coefficient (Wildman–Crippen LogP) is 2.32. The van der Waals surface area contributed by atoms with Crippen LogP contribution in [0.4, 0.5) is 0 Å². The molecule has 1 aromatic heterocycles. The summed E-state index contributed by atoms with van der Waals surface area (Å²) in [7, 11) is 0. The molecule has 3 nitrogen and oxygen atoms in total. The van der Waals surface area contributed by atoms with Crippen LogP contribution in [0.15, 0.2) is 42.7 Å². The Morgan fingerprint density at radius 3 is 2.75 bits per heavy atom. The molecule has 0 aliphatic heterocycles. The first-order chi connectivity index (χ1) is 7.81. The summed E-state index contributed by atoms with van der Waals surface area (Å²) in [4.78, 5) is 4.33. The second-order valence-electron chi connectivity index (χ2n) is 3.83. The summed E-state index contributed by atoms with van der Waals surface area (Å²) < 4.78 is 1.99. The van der Waals surface area contributed by atoms with Gasteiger partial charge in [-0.1, -0.05) is 37.3 Å². The Morgan fingerprint density at radius 1 is 1.31 bits per heavy atom. The lowest BCUT2D eigenvalue weighted by Gasteiger charge is -2.11. The van der Waals surface area contributed by atoms with E-state index < -0.39 is 0 Å². The molecule has 1 N–H and O–H groups in total. The number of hydrogen-bond donors (Lipinski definition) is 1. The summed E-state index contributed by atoms with van der Waals surface area (Å²) in [5, 5.41) is 9.65. The third-order valence-electron chi connectivity index (χ3n) is 2.63. The Hall–Kier alpha value is -1.61. The van der Waals surface area contributed by atoms with Crippen LogP contribution in [0.3, 0.4) is 0 Å². The maximum absolute atomic E-state index is 9.65. The van der Waals surface area contributed by atoms with E-state index in [2.05, 4.69) is 4.98 Å². The minimum absolute atomic E-state index is 0.309. The lowest BCUT2D eigenvalue weighted by molar-refractivity contribution is 0.150. The topological polar surface area (TPSA) is 38.0 Å². The van der Waals surface area contributed by atoms with Crippen LogP contribution < -0.4 is 0 Å². The molecule has 0 bridgehead atoms. The van der Waals surface area contributed by atoms with Crippen LogP contribution in [0, 0.1) is 0 Å². The Labute approximate surface area is 95.4 Å². The van der Waals surface area contributed by atoms with E-state index in [9.17, 15) is 5.11 Å². The second-order valence-corrected chi connectivity index (χ2v) is 3.83. The molecule has 0 spiro atoms. The van der Waals surface area contributed by atoms with Crippen LogP contribution in [0.2, 0.25) is 0 Å². The molecule has 3 heteroatoms. The molecule has 0 radical (unpaired) electrons. The van der Waals surface area contributed by atoms with Gasteiger partial charge in [-0.05, 0) is 6.42 Å². The number of hydrogen-bond acceptors (Lipinski definition) is 2. The molecule has 0 saturated heterocycles. The third kappa shape index (κ3) is 2.31. The van der Waals surface area contributed by atoms with E-state index in [0.717, 1.165) is 17.8 Å². The fraction of sp³-hybridized carbons (Fsp3) is 0.308. The molecule has 2 rings (SSSR count). The monoisotopic (exact) mass is 216 g/mol. The molecule has 0 saturated carbocycles. The molecule has 84 valence electrons. The fourth-order valence-corrected chi connectivity index (χ4v) is 1.66. The van der Waals surface area contributed by atoms with Crippen molar-refractivity contribution in [3.63, 3.8) is 0 Å². The summed E-state index contributed by atoms with van der Waals surface area (Å²) in [6.45, 7) is 2.57. The van der Waals surface area contributed by atoms with Gasteiger partial charge in [-0.2, -0.15) is 0 Å². The van der Waals surface area contributed by atoms with Crippen molar-refractivity contribution in [2.75, 3.05) is 0 Å². The average Bonchev–Trinajstić information content (AvgIpc) is 2.78. The number of benzene rings is 1. The van der Waals surface area contributed by atoms with E-state index >= 15 is 0 Å². The SMILES string of the molecule is CCC(O)Cn1ccnc1-c1ccccc1. The predicted molar refractivity (Wildman–Crippen MR) is 64.0 cm³/mol. The quantitative estimate of drug-likeness (QED) is 0.851. The molecular formula is C13H16N2O. The van der Waals surface area contributed by atoms with E-state index in [4.69, 9.17) is 0 Å². The van der Waals surface area contributed by atoms with Gasteiger partial charge in [0.15, 0.2) is 0 Å². The van der Waals surface area contributed by atoms with Crippen LogP contribution in [0.5, 0.6) is 0 Å². The molecule has 2 aromatic rings. The first kappa shape index (κ1) is 10.9. The van der Waals surface area contributed by atoms with Crippen LogP contribution in [0.25, 0.3) is 11.4 Å². The molecular weight excluding hydrogens is 200 g/mol. The number of aliphatic hydroxyl groups is 1. The van der Waals surface area contributed by atoms with Gasteiger partial charge < -0.3 is 9.67 Å². The minimum Gasteiger partial charge on any atom is -0.391 e. The number of nitrogens with zero attached hydrogens (tertiary/aromatic N) is 2. The highest BCUT2D eigenvalue weighted by molar-refractivity contribution is 5.55. The first-order valence-electron chi connectivity index (χ1n) is 5.56. The minimum atomic E-state index is -0.309. The van der Waals surface area contributed by atoms with E-state index in [1.165, 1.54) is 0 Å². The average molecular weight is 216 g/mol. The van der Waals surface area contributed by atoms with Gasteiger partial charge in [0.25, 0.3) is 0 Å². The number of aromatic nitrogens is 2. The molecule has 1 aromatic carbocycles. The van der Waals surface area contributed by atoms with Crippen molar-refractivity contribution in [1.29, 1.82) is 0 Å². The van der Waals surface area contributed by atoms with Crippen LogP contribution in [-0.2, 0) is 6.54 Å². The first-order valence-corrected chi connectivity index (χ1v) is 5.56. The van der Waals surface area contributed by atoms with E-state index in [1.54, 1.807) is 6.20 Å². The fourth-order valence-electron chi connectivity index (χ4n) is 1.66. The Balaban J connectivity index is 2.26. The van der Waals surface area contributed by atoms with Crippen molar-refractivity contribution in [2.45, 2.75) is 26.0 Å². The molecule has 1 atom stereocenters. The van der Waals surface area contributed by atoms with Crippen molar-refractivity contribution >= 4 is 0 Å². The zero-order chi connectivity index (χ0) is 11.4. The van der Waals surface area contributed by atoms with Gasteiger partial charge in [0, 0.05) is 18.0 Å². The second kappa shape index (κ2) is 4.94. The van der Waals surface area contributed by atoms with Crippen molar-refractivity contribution in [3.05, 3.63) is 42.7 Å². The zero-order valence-corrected chi connectivity index (χ0v) is 9.37. The van der Waals surface area contributed by atoms with Gasteiger partial charge in [-0.25, -0.2) is 4.98 Å². The molecule has 0 amide bonds. The van der Waals surface area contributed by atoms with Crippen LogP contribution in [-0.4, -0.2) is 20.8 Å². The number of rotatable bonds is 4. The zero-order valence-electron chi connectivity index (χ0n) is 9.37. The van der Waals surface area contributed by atoms with E-state index in [0.29, 0.717) is 6.54 Å². The van der Waals surface area contributed by atoms with Crippen LogP contribution >= 0.6 is 0 Å². The Bertz CT molecular complexity index is 436. The maximum Gasteiger partial charge on any atom is 0.139 e. The molecule has 0 aliphatic carbocycles. The Kier molecular flexibility index (Phi) is 3.37. The van der Waals surface area contributed by atoms with Gasteiger partial charge in [0.2, 0.25) is 0 Å². The van der Waals surface area contributed by atoms with Gasteiger partial charge in [-0.3, -0.25) is 0 Å². The van der Waals surface area contributed by atoms with Crippen molar-refractivity contribution < 1.29 is 5.11 Å². The molecule has 0 fully saturated rings. The summed E-state index contributed by atoms with van der Waals surface area (Å²) in [5.41, 5.74) is 1.08. The van der Waals surface area contributed by atoms with Crippen LogP contribution in [0.1, 0.15) is 13.3 Å². The highest BCUT2D eigenvalue weighted by Crippen LogP contribution is 2.17. The summed E-state index contributed by atoms with van der Waals surface area (Å²) in [6, 6.07) is 10.0. The number of aliphatic hydroxyl groups excluding tert-OH is 1. The van der Waals surface area contributed by atoms with Gasteiger partial charge in [0.1, 0.15) is 5.82 Å². The highest BCUT2D eigenvalue weighted by atomic mass is 16.3. The van der Waals surface area contributed by atoms with Gasteiger partial charge >= 0.3 is 0 Å². The lowest BCUT2D eigenvalue weighted by atomic mass is 10.2.